The summed E-state index contributed by atoms with van der Waals surface area (Å²) in [6.45, 7) is 9.08. The van der Waals surface area contributed by atoms with Crippen LogP contribution < -0.4 is 5.32 Å². The molecule has 0 spiro atoms. The highest BCUT2D eigenvalue weighted by Gasteiger charge is 2.15. The minimum absolute atomic E-state index is 0.433. The molecule has 0 radical (unpaired) electrons. The summed E-state index contributed by atoms with van der Waals surface area (Å²) < 4.78 is 1.21. The standard InChI is InChI=1S/C16H26BrN/c1-12-8-9-14(17)13(11-12)15(18-5)7-6-10-16(2,3)4/h8-9,11,15,18H,6-7,10H2,1-5H3. The minimum atomic E-state index is 0.433. The van der Waals surface area contributed by atoms with Gasteiger partial charge >= 0.3 is 0 Å². The first-order valence-electron chi connectivity index (χ1n) is 6.77. The van der Waals surface area contributed by atoms with Crippen LogP contribution in [0.3, 0.4) is 0 Å². The van der Waals surface area contributed by atoms with Crippen LogP contribution in [0.15, 0.2) is 22.7 Å². The molecular formula is C16H26BrN. The van der Waals surface area contributed by atoms with E-state index in [1.54, 1.807) is 0 Å². The van der Waals surface area contributed by atoms with Crippen LogP contribution in [0.4, 0.5) is 0 Å². The van der Waals surface area contributed by atoms with E-state index in [9.17, 15) is 0 Å². The molecule has 0 saturated carbocycles. The van der Waals surface area contributed by atoms with E-state index in [0.29, 0.717) is 11.5 Å². The van der Waals surface area contributed by atoms with Crippen molar-refractivity contribution in [3.8, 4) is 0 Å². The van der Waals surface area contributed by atoms with Crippen molar-refractivity contribution in [1.29, 1.82) is 0 Å². The number of halogens is 1. The molecule has 1 atom stereocenters. The molecule has 18 heavy (non-hydrogen) atoms. The summed E-state index contributed by atoms with van der Waals surface area (Å²) >= 11 is 3.66. The normalized spacial score (nSPS) is 13.7. The number of rotatable bonds is 5. The molecule has 2 heteroatoms. The third kappa shape index (κ3) is 5.11. The highest BCUT2D eigenvalue weighted by molar-refractivity contribution is 9.10. The number of benzene rings is 1. The first kappa shape index (κ1) is 15.7. The van der Waals surface area contributed by atoms with Gasteiger partial charge in [-0.3, -0.25) is 0 Å². The molecule has 0 aliphatic heterocycles. The summed E-state index contributed by atoms with van der Waals surface area (Å²) in [5, 5.41) is 3.44. The van der Waals surface area contributed by atoms with Gasteiger partial charge in [0.25, 0.3) is 0 Å². The average Bonchev–Trinajstić information content (AvgIpc) is 2.27. The van der Waals surface area contributed by atoms with Crippen molar-refractivity contribution >= 4 is 15.9 Å². The predicted molar refractivity (Wildman–Crippen MR) is 84.0 cm³/mol. The third-order valence-corrected chi connectivity index (χ3v) is 4.02. The van der Waals surface area contributed by atoms with Gasteiger partial charge in [0.15, 0.2) is 0 Å². The molecule has 0 bridgehead atoms. The van der Waals surface area contributed by atoms with Crippen molar-refractivity contribution < 1.29 is 0 Å². The molecule has 1 aromatic rings. The fourth-order valence-corrected chi connectivity index (χ4v) is 2.75. The molecule has 1 unspecified atom stereocenters. The van der Waals surface area contributed by atoms with Crippen LogP contribution >= 0.6 is 15.9 Å². The zero-order valence-corrected chi connectivity index (χ0v) is 13.9. The Morgan fingerprint density at radius 3 is 2.50 bits per heavy atom. The highest BCUT2D eigenvalue weighted by Crippen LogP contribution is 2.30. The van der Waals surface area contributed by atoms with Gasteiger partial charge in [0, 0.05) is 10.5 Å². The summed E-state index contributed by atoms with van der Waals surface area (Å²) in [6, 6.07) is 7.03. The van der Waals surface area contributed by atoms with E-state index in [1.165, 1.54) is 34.9 Å². The van der Waals surface area contributed by atoms with Gasteiger partial charge in [-0.15, -0.1) is 0 Å². The number of hydrogen-bond acceptors (Lipinski definition) is 1. The van der Waals surface area contributed by atoms with E-state index in [4.69, 9.17) is 0 Å². The molecule has 0 aliphatic rings. The van der Waals surface area contributed by atoms with Crippen molar-refractivity contribution in [2.45, 2.75) is 53.0 Å². The first-order chi connectivity index (χ1) is 8.33. The smallest absolute Gasteiger partial charge is 0.0328 e. The lowest BCUT2D eigenvalue weighted by Crippen LogP contribution is -2.18. The molecule has 1 nitrogen and oxygen atoms in total. The van der Waals surface area contributed by atoms with Crippen LogP contribution in [-0.4, -0.2) is 7.05 Å². The van der Waals surface area contributed by atoms with Crippen molar-refractivity contribution in [3.05, 3.63) is 33.8 Å². The molecule has 0 aliphatic carbocycles. The summed E-state index contributed by atoms with van der Waals surface area (Å²) in [5.41, 5.74) is 3.14. The van der Waals surface area contributed by atoms with Gasteiger partial charge in [0.2, 0.25) is 0 Å². The van der Waals surface area contributed by atoms with Crippen molar-refractivity contribution in [3.63, 3.8) is 0 Å². The van der Waals surface area contributed by atoms with Gasteiger partial charge in [0.05, 0.1) is 0 Å². The second-order valence-electron chi connectivity index (χ2n) is 6.32. The summed E-state index contributed by atoms with van der Waals surface area (Å²) in [6.07, 6.45) is 3.72. The first-order valence-corrected chi connectivity index (χ1v) is 7.56. The van der Waals surface area contributed by atoms with E-state index in [1.807, 2.05) is 0 Å². The molecule has 0 saturated heterocycles. The summed E-state index contributed by atoms with van der Waals surface area (Å²) in [7, 11) is 2.05. The Morgan fingerprint density at radius 1 is 1.28 bits per heavy atom. The van der Waals surface area contributed by atoms with Crippen molar-refractivity contribution in [1.82, 2.24) is 5.32 Å². The van der Waals surface area contributed by atoms with Crippen LogP contribution in [-0.2, 0) is 0 Å². The van der Waals surface area contributed by atoms with Crippen LogP contribution in [0, 0.1) is 12.3 Å². The molecule has 1 N–H and O–H groups in total. The lowest BCUT2D eigenvalue weighted by Gasteiger charge is -2.22. The molecule has 0 heterocycles. The van der Waals surface area contributed by atoms with Crippen LogP contribution in [0.5, 0.6) is 0 Å². The average molecular weight is 312 g/mol. The second-order valence-corrected chi connectivity index (χ2v) is 7.17. The Balaban J connectivity index is 2.68. The van der Waals surface area contributed by atoms with Gasteiger partial charge in [-0.05, 0) is 43.9 Å². The lowest BCUT2D eigenvalue weighted by atomic mass is 9.88. The van der Waals surface area contributed by atoms with Crippen LogP contribution in [0.2, 0.25) is 0 Å². The fraction of sp³-hybridized carbons (Fsp3) is 0.625. The van der Waals surface area contributed by atoms with Gasteiger partial charge < -0.3 is 5.32 Å². The maximum Gasteiger partial charge on any atom is 0.0328 e. The maximum atomic E-state index is 3.66. The zero-order chi connectivity index (χ0) is 13.8. The number of aryl methyl sites for hydroxylation is 1. The fourth-order valence-electron chi connectivity index (χ4n) is 2.22. The van der Waals surface area contributed by atoms with Crippen molar-refractivity contribution in [2.24, 2.45) is 5.41 Å². The predicted octanol–water partition coefficient (Wildman–Crippen LogP) is 5.23. The maximum absolute atomic E-state index is 3.66. The van der Waals surface area contributed by atoms with E-state index >= 15 is 0 Å². The Morgan fingerprint density at radius 2 is 1.94 bits per heavy atom. The van der Waals surface area contributed by atoms with E-state index in [-0.39, 0.29) is 0 Å². The quantitative estimate of drug-likeness (QED) is 0.784. The van der Waals surface area contributed by atoms with Gasteiger partial charge in [-0.1, -0.05) is 60.8 Å². The molecule has 0 aromatic heterocycles. The Kier molecular flexibility index (Phi) is 5.87. The lowest BCUT2D eigenvalue weighted by molar-refractivity contribution is 0.347. The third-order valence-electron chi connectivity index (χ3n) is 3.29. The molecular weight excluding hydrogens is 286 g/mol. The number of hydrogen-bond donors (Lipinski definition) is 1. The van der Waals surface area contributed by atoms with Crippen LogP contribution in [0.1, 0.15) is 57.2 Å². The Hall–Kier alpha value is -0.340. The molecule has 0 fully saturated rings. The summed E-state index contributed by atoms with van der Waals surface area (Å²) in [4.78, 5) is 0. The zero-order valence-electron chi connectivity index (χ0n) is 12.3. The largest absolute Gasteiger partial charge is 0.313 e. The van der Waals surface area contributed by atoms with E-state index < -0.39 is 0 Å². The van der Waals surface area contributed by atoms with E-state index in [0.717, 1.165) is 0 Å². The molecule has 0 amide bonds. The molecule has 1 aromatic carbocycles. The topological polar surface area (TPSA) is 12.0 Å². The molecule has 1 rings (SSSR count). The van der Waals surface area contributed by atoms with Crippen molar-refractivity contribution in [2.75, 3.05) is 7.05 Å². The van der Waals surface area contributed by atoms with Gasteiger partial charge in [0.1, 0.15) is 0 Å². The monoisotopic (exact) mass is 311 g/mol. The summed E-state index contributed by atoms with van der Waals surface area (Å²) in [5.74, 6) is 0. The highest BCUT2D eigenvalue weighted by atomic mass is 79.9. The minimum Gasteiger partial charge on any atom is -0.313 e. The second kappa shape index (κ2) is 6.72. The van der Waals surface area contributed by atoms with E-state index in [2.05, 4.69) is 74.2 Å². The van der Waals surface area contributed by atoms with Gasteiger partial charge in [-0.2, -0.15) is 0 Å². The number of nitrogens with one attached hydrogen (secondary N) is 1. The van der Waals surface area contributed by atoms with Crippen LogP contribution in [0.25, 0.3) is 0 Å². The van der Waals surface area contributed by atoms with Gasteiger partial charge in [-0.25, -0.2) is 0 Å². The Labute approximate surface area is 120 Å². The molecule has 102 valence electrons. The SMILES string of the molecule is CNC(CCCC(C)(C)C)c1cc(C)ccc1Br. The Bertz CT molecular complexity index is 379.